The summed E-state index contributed by atoms with van der Waals surface area (Å²) in [6.07, 6.45) is 10.0. The van der Waals surface area contributed by atoms with Crippen molar-refractivity contribution in [3.8, 4) is 11.3 Å². The Balaban J connectivity index is 1.54. The third-order valence-electron chi connectivity index (χ3n) is 4.23. The maximum atomic E-state index is 6.06. The molecule has 3 heterocycles. The van der Waals surface area contributed by atoms with Crippen molar-refractivity contribution < 1.29 is 9.26 Å². The molecule has 0 unspecified atom stereocenters. The number of nitrogens with zero attached hydrogens (tertiary/aromatic N) is 3. The van der Waals surface area contributed by atoms with Crippen molar-refractivity contribution in [1.82, 2.24) is 20.6 Å². The van der Waals surface area contributed by atoms with E-state index >= 15 is 0 Å². The van der Waals surface area contributed by atoms with Crippen LogP contribution in [0, 0.1) is 13.8 Å². The molecule has 1 fully saturated rings. The SMILES string of the molecule is Cc1ccc(-c2noc(C)c2COC2=CC=CNN2C2CC2)cn1. The molecule has 6 heteroatoms. The molecule has 1 saturated carbocycles. The Labute approximate surface area is 140 Å². The lowest BCUT2D eigenvalue weighted by atomic mass is 10.1. The number of nitrogens with one attached hydrogen (secondary N) is 1. The third-order valence-corrected chi connectivity index (χ3v) is 4.23. The predicted octanol–water partition coefficient (Wildman–Crippen LogP) is 3.21. The first-order valence-corrected chi connectivity index (χ1v) is 8.15. The Morgan fingerprint density at radius 2 is 2.21 bits per heavy atom. The molecule has 0 saturated heterocycles. The first-order valence-electron chi connectivity index (χ1n) is 8.15. The second kappa shape index (κ2) is 6.03. The minimum Gasteiger partial charge on any atom is -0.473 e. The number of rotatable bonds is 5. The lowest BCUT2D eigenvalue weighted by Crippen LogP contribution is -2.37. The highest BCUT2D eigenvalue weighted by Gasteiger charge is 2.32. The van der Waals surface area contributed by atoms with Crippen LogP contribution in [0.1, 0.15) is 29.9 Å². The van der Waals surface area contributed by atoms with Gasteiger partial charge in [-0.15, -0.1) is 0 Å². The van der Waals surface area contributed by atoms with E-state index in [1.807, 2.05) is 50.5 Å². The highest BCUT2D eigenvalue weighted by atomic mass is 16.5. The number of aromatic nitrogens is 2. The van der Waals surface area contributed by atoms with E-state index in [0.717, 1.165) is 34.2 Å². The zero-order valence-corrected chi connectivity index (χ0v) is 13.8. The van der Waals surface area contributed by atoms with Gasteiger partial charge in [-0.2, -0.15) is 0 Å². The van der Waals surface area contributed by atoms with E-state index in [9.17, 15) is 0 Å². The molecule has 2 aromatic heterocycles. The van der Waals surface area contributed by atoms with Crippen molar-refractivity contribution in [2.45, 2.75) is 39.3 Å². The molecule has 0 spiro atoms. The first kappa shape index (κ1) is 14.8. The molecule has 0 radical (unpaired) electrons. The quantitative estimate of drug-likeness (QED) is 0.911. The molecule has 1 aliphatic carbocycles. The summed E-state index contributed by atoms with van der Waals surface area (Å²) in [6.45, 7) is 4.27. The van der Waals surface area contributed by atoms with Crippen LogP contribution in [0.15, 0.2) is 47.1 Å². The number of allylic oxidation sites excluding steroid dienone is 2. The van der Waals surface area contributed by atoms with Crippen molar-refractivity contribution >= 4 is 0 Å². The summed E-state index contributed by atoms with van der Waals surface area (Å²) in [7, 11) is 0. The largest absolute Gasteiger partial charge is 0.473 e. The van der Waals surface area contributed by atoms with Gasteiger partial charge in [0.05, 0.1) is 11.6 Å². The standard InChI is InChI=1S/C18H20N4O2/c1-12-5-6-14(10-19-12)18-16(13(2)24-21-18)11-23-17-4-3-9-20-22(17)15-7-8-15/h3-6,9-10,15,20H,7-8,11H2,1-2H3. The van der Waals surface area contributed by atoms with E-state index in [4.69, 9.17) is 9.26 Å². The van der Waals surface area contributed by atoms with Crippen LogP contribution in [-0.2, 0) is 11.3 Å². The van der Waals surface area contributed by atoms with Crippen molar-refractivity contribution in [2.75, 3.05) is 0 Å². The fourth-order valence-corrected chi connectivity index (χ4v) is 2.68. The number of pyridine rings is 1. The molecule has 0 amide bonds. The summed E-state index contributed by atoms with van der Waals surface area (Å²) < 4.78 is 11.4. The second-order valence-electron chi connectivity index (χ2n) is 6.14. The van der Waals surface area contributed by atoms with E-state index in [1.54, 1.807) is 0 Å². The van der Waals surface area contributed by atoms with Crippen molar-refractivity contribution in [3.63, 3.8) is 0 Å². The molecule has 124 valence electrons. The van der Waals surface area contributed by atoms with Gasteiger partial charge in [-0.3, -0.25) is 9.99 Å². The summed E-state index contributed by atoms with van der Waals surface area (Å²) in [5.41, 5.74) is 6.89. The molecule has 1 aliphatic heterocycles. The number of ether oxygens (including phenoxy) is 1. The molecule has 2 aromatic rings. The maximum Gasteiger partial charge on any atom is 0.208 e. The zero-order valence-electron chi connectivity index (χ0n) is 13.8. The Bertz CT molecular complexity index is 788. The molecule has 1 N–H and O–H groups in total. The van der Waals surface area contributed by atoms with Crippen LogP contribution in [0.5, 0.6) is 0 Å². The fourth-order valence-electron chi connectivity index (χ4n) is 2.68. The predicted molar refractivity (Wildman–Crippen MR) is 89.2 cm³/mol. The van der Waals surface area contributed by atoms with Gasteiger partial charge in [0.2, 0.25) is 5.88 Å². The van der Waals surface area contributed by atoms with Crippen LogP contribution < -0.4 is 5.43 Å². The van der Waals surface area contributed by atoms with E-state index in [0.29, 0.717) is 12.6 Å². The van der Waals surface area contributed by atoms with Crippen LogP contribution in [0.25, 0.3) is 11.3 Å². The van der Waals surface area contributed by atoms with Crippen LogP contribution in [-0.4, -0.2) is 21.2 Å². The van der Waals surface area contributed by atoms with Crippen molar-refractivity contribution in [3.05, 3.63) is 59.6 Å². The van der Waals surface area contributed by atoms with Crippen LogP contribution >= 0.6 is 0 Å². The fraction of sp³-hybridized carbons (Fsp3) is 0.333. The third kappa shape index (κ3) is 2.87. The summed E-state index contributed by atoms with van der Waals surface area (Å²) >= 11 is 0. The minimum atomic E-state index is 0.406. The second-order valence-corrected chi connectivity index (χ2v) is 6.14. The molecular weight excluding hydrogens is 304 g/mol. The van der Waals surface area contributed by atoms with E-state index in [2.05, 4.69) is 20.6 Å². The summed E-state index contributed by atoms with van der Waals surface area (Å²) in [6, 6.07) is 4.49. The molecule has 4 rings (SSSR count). The molecule has 0 bridgehead atoms. The van der Waals surface area contributed by atoms with E-state index in [1.165, 1.54) is 12.8 Å². The van der Waals surface area contributed by atoms with Gasteiger partial charge in [-0.05, 0) is 44.9 Å². The first-order chi connectivity index (χ1) is 11.7. The van der Waals surface area contributed by atoms with Gasteiger partial charge in [0.15, 0.2) is 0 Å². The lowest BCUT2D eigenvalue weighted by molar-refractivity contribution is 0.0738. The van der Waals surface area contributed by atoms with Crippen LogP contribution in [0.4, 0.5) is 0 Å². The Morgan fingerprint density at radius 3 is 2.96 bits per heavy atom. The number of hydrogen-bond acceptors (Lipinski definition) is 6. The van der Waals surface area contributed by atoms with Crippen molar-refractivity contribution in [2.24, 2.45) is 0 Å². The van der Waals surface area contributed by atoms with Gasteiger partial charge >= 0.3 is 0 Å². The Kier molecular flexibility index (Phi) is 3.72. The van der Waals surface area contributed by atoms with Crippen molar-refractivity contribution in [1.29, 1.82) is 0 Å². The van der Waals surface area contributed by atoms with Gasteiger partial charge < -0.3 is 14.7 Å². The monoisotopic (exact) mass is 324 g/mol. The summed E-state index contributed by atoms with van der Waals surface area (Å²) in [5.74, 6) is 1.59. The lowest BCUT2D eigenvalue weighted by Gasteiger charge is -2.28. The topological polar surface area (TPSA) is 63.4 Å². The Hall–Kier alpha value is -2.76. The average molecular weight is 324 g/mol. The zero-order chi connectivity index (χ0) is 16.5. The van der Waals surface area contributed by atoms with Crippen LogP contribution in [0.2, 0.25) is 0 Å². The number of hydrazine groups is 1. The molecule has 6 nitrogen and oxygen atoms in total. The molecule has 0 aromatic carbocycles. The maximum absolute atomic E-state index is 6.06. The molecular formula is C18H20N4O2. The summed E-state index contributed by atoms with van der Waals surface area (Å²) in [4.78, 5) is 4.34. The van der Waals surface area contributed by atoms with Gasteiger partial charge in [0, 0.05) is 29.7 Å². The molecule has 2 aliphatic rings. The van der Waals surface area contributed by atoms with Gasteiger partial charge in [-0.25, -0.2) is 0 Å². The Morgan fingerprint density at radius 1 is 1.33 bits per heavy atom. The highest BCUT2D eigenvalue weighted by molar-refractivity contribution is 5.62. The molecule has 0 atom stereocenters. The van der Waals surface area contributed by atoms with Gasteiger partial charge in [0.25, 0.3) is 0 Å². The summed E-state index contributed by atoms with van der Waals surface area (Å²) in [5, 5.41) is 6.27. The minimum absolute atomic E-state index is 0.406. The number of hydrogen-bond donors (Lipinski definition) is 1. The smallest absolute Gasteiger partial charge is 0.208 e. The molecule has 24 heavy (non-hydrogen) atoms. The van der Waals surface area contributed by atoms with E-state index in [-0.39, 0.29) is 0 Å². The number of aryl methyl sites for hydroxylation is 2. The average Bonchev–Trinajstić information content (AvgIpc) is 3.38. The van der Waals surface area contributed by atoms with Gasteiger partial charge in [-0.1, -0.05) is 5.16 Å². The van der Waals surface area contributed by atoms with Gasteiger partial charge in [0.1, 0.15) is 18.1 Å². The van der Waals surface area contributed by atoms with Crippen LogP contribution in [0.3, 0.4) is 0 Å². The highest BCUT2D eigenvalue weighted by Crippen LogP contribution is 2.31. The normalized spacial score (nSPS) is 16.8. The van der Waals surface area contributed by atoms with E-state index < -0.39 is 0 Å².